The Bertz CT molecular complexity index is 988. The summed E-state index contributed by atoms with van der Waals surface area (Å²) >= 11 is 0. The topological polar surface area (TPSA) is 124 Å². The molecule has 0 aliphatic rings. The maximum absolute atomic E-state index is 12.6. The van der Waals surface area contributed by atoms with Crippen LogP contribution in [0.4, 0.5) is 5.69 Å². The molecule has 154 valence electrons. The molecule has 0 aliphatic carbocycles. The second kappa shape index (κ2) is 10.1. The first-order valence-electron chi connectivity index (χ1n) is 9.06. The molecule has 1 aromatic carbocycles. The normalized spacial score (nSPS) is 10.2. The van der Waals surface area contributed by atoms with E-state index in [-0.39, 0.29) is 36.3 Å². The average molecular weight is 402 g/mol. The van der Waals surface area contributed by atoms with Gasteiger partial charge in [0.25, 0.3) is 0 Å². The van der Waals surface area contributed by atoms with Crippen LogP contribution in [0.3, 0.4) is 0 Å². The van der Waals surface area contributed by atoms with Crippen LogP contribution >= 0.6 is 0 Å². The Morgan fingerprint density at radius 2 is 1.62 bits per heavy atom. The van der Waals surface area contributed by atoms with Crippen LogP contribution in [0.25, 0.3) is 10.9 Å². The number of carbonyl (C=O) groups excluding carboxylic acids is 3. The summed E-state index contributed by atoms with van der Waals surface area (Å²) in [6, 6.07) is 4.77. The molecular formula is C20H22N2O7. The third kappa shape index (κ3) is 5.01. The number of H-pyrrole nitrogens is 1. The molecule has 0 fully saturated rings. The Labute approximate surface area is 166 Å². The summed E-state index contributed by atoms with van der Waals surface area (Å²) in [6.45, 7) is 5.20. The van der Waals surface area contributed by atoms with Gasteiger partial charge in [-0.1, -0.05) is 6.07 Å². The van der Waals surface area contributed by atoms with Crippen molar-refractivity contribution in [3.63, 3.8) is 0 Å². The molecule has 0 radical (unpaired) electrons. The van der Waals surface area contributed by atoms with Crippen molar-refractivity contribution in [2.45, 2.75) is 20.8 Å². The summed E-state index contributed by atoms with van der Waals surface area (Å²) in [5, 5.41) is 3.06. The lowest BCUT2D eigenvalue weighted by Crippen LogP contribution is -2.20. The van der Waals surface area contributed by atoms with E-state index in [2.05, 4.69) is 10.3 Å². The zero-order chi connectivity index (χ0) is 21.4. The number of nitrogens with one attached hydrogen (secondary N) is 2. The third-order valence-corrected chi connectivity index (χ3v) is 3.77. The van der Waals surface area contributed by atoms with E-state index in [9.17, 15) is 19.2 Å². The molecule has 0 saturated carbocycles. The number of aromatic nitrogens is 1. The van der Waals surface area contributed by atoms with Gasteiger partial charge in [0.1, 0.15) is 5.56 Å². The van der Waals surface area contributed by atoms with Crippen LogP contribution in [0.2, 0.25) is 0 Å². The van der Waals surface area contributed by atoms with Crippen molar-refractivity contribution < 1.29 is 28.6 Å². The van der Waals surface area contributed by atoms with Crippen LogP contribution in [0.1, 0.15) is 31.1 Å². The van der Waals surface area contributed by atoms with E-state index in [1.807, 2.05) is 0 Å². The molecule has 0 amide bonds. The molecule has 9 nitrogen and oxygen atoms in total. The van der Waals surface area contributed by atoms with Crippen LogP contribution in [0.15, 0.2) is 41.0 Å². The summed E-state index contributed by atoms with van der Waals surface area (Å²) in [5.74, 6) is -2.39. The second-order valence-electron chi connectivity index (χ2n) is 5.62. The summed E-state index contributed by atoms with van der Waals surface area (Å²) < 4.78 is 14.6. The molecule has 0 spiro atoms. The number of aromatic amines is 1. The quantitative estimate of drug-likeness (QED) is 0.226. The van der Waals surface area contributed by atoms with E-state index in [4.69, 9.17) is 14.2 Å². The Morgan fingerprint density at radius 3 is 2.21 bits per heavy atom. The van der Waals surface area contributed by atoms with E-state index in [0.29, 0.717) is 11.2 Å². The molecule has 0 unspecified atom stereocenters. The maximum Gasteiger partial charge on any atom is 0.347 e. The van der Waals surface area contributed by atoms with Crippen molar-refractivity contribution in [3.05, 3.63) is 52.0 Å². The number of fused-ring (bicyclic) bond motifs is 1. The lowest BCUT2D eigenvalue weighted by atomic mass is 10.1. The van der Waals surface area contributed by atoms with Crippen molar-refractivity contribution in [2.24, 2.45) is 0 Å². The van der Waals surface area contributed by atoms with Crippen LogP contribution in [-0.4, -0.2) is 42.7 Å². The minimum Gasteiger partial charge on any atom is -0.462 e. The van der Waals surface area contributed by atoms with Gasteiger partial charge in [0.2, 0.25) is 5.43 Å². The molecule has 0 aliphatic heterocycles. The lowest BCUT2D eigenvalue weighted by Gasteiger charge is -2.10. The lowest BCUT2D eigenvalue weighted by molar-refractivity contribution is -0.146. The largest absolute Gasteiger partial charge is 0.462 e. The molecule has 0 atom stereocenters. The highest BCUT2D eigenvalue weighted by Crippen LogP contribution is 2.20. The standard InChI is InChI=1S/C20H22N2O7/c1-4-27-18(24)13-10-22-16-12(17(13)23)8-7-9-15(16)21-11-14(19(25)28-5-2)20(26)29-6-3/h7-11,21H,4-6H2,1-3H3,(H,22,23). The Balaban J connectivity index is 2.45. The van der Waals surface area contributed by atoms with Gasteiger partial charge in [-0.15, -0.1) is 0 Å². The number of ether oxygens (including phenoxy) is 3. The monoisotopic (exact) mass is 402 g/mol. The highest BCUT2D eigenvalue weighted by molar-refractivity contribution is 6.14. The van der Waals surface area contributed by atoms with Gasteiger partial charge in [0.15, 0.2) is 5.57 Å². The number of anilines is 1. The van der Waals surface area contributed by atoms with Crippen molar-refractivity contribution in [3.8, 4) is 0 Å². The maximum atomic E-state index is 12.6. The number of rotatable bonds is 8. The summed E-state index contributed by atoms with van der Waals surface area (Å²) in [5.41, 5.74) is -0.155. The van der Waals surface area contributed by atoms with Gasteiger partial charge >= 0.3 is 17.9 Å². The van der Waals surface area contributed by atoms with Crippen LogP contribution in [0.5, 0.6) is 0 Å². The van der Waals surface area contributed by atoms with Gasteiger partial charge in [-0.05, 0) is 32.9 Å². The summed E-state index contributed by atoms with van der Waals surface area (Å²) in [6.07, 6.45) is 2.41. The van der Waals surface area contributed by atoms with Crippen LogP contribution in [0, 0.1) is 0 Å². The molecule has 0 saturated heterocycles. The molecule has 1 aromatic heterocycles. The first-order valence-corrected chi connectivity index (χ1v) is 9.06. The number of benzene rings is 1. The second-order valence-corrected chi connectivity index (χ2v) is 5.62. The molecule has 2 N–H and O–H groups in total. The molecule has 2 aromatic rings. The van der Waals surface area contributed by atoms with Crippen molar-refractivity contribution in [1.29, 1.82) is 0 Å². The molecule has 9 heteroatoms. The third-order valence-electron chi connectivity index (χ3n) is 3.77. The number of carbonyl (C=O) groups is 3. The Morgan fingerprint density at radius 1 is 1.00 bits per heavy atom. The molecule has 1 heterocycles. The number of hydrogen-bond acceptors (Lipinski definition) is 8. The zero-order valence-corrected chi connectivity index (χ0v) is 16.4. The van der Waals surface area contributed by atoms with Crippen molar-refractivity contribution >= 4 is 34.5 Å². The molecule has 29 heavy (non-hydrogen) atoms. The molecule has 0 bridgehead atoms. The summed E-state index contributed by atoms with van der Waals surface area (Å²) in [7, 11) is 0. The van der Waals surface area contributed by atoms with E-state index >= 15 is 0 Å². The number of hydrogen-bond donors (Lipinski definition) is 2. The highest BCUT2D eigenvalue weighted by atomic mass is 16.6. The Kier molecular flexibility index (Phi) is 7.53. The average Bonchev–Trinajstić information content (AvgIpc) is 2.69. The number of pyridine rings is 1. The minimum atomic E-state index is -0.836. The van der Waals surface area contributed by atoms with Gasteiger partial charge in [-0.25, -0.2) is 14.4 Å². The van der Waals surface area contributed by atoms with E-state index < -0.39 is 23.3 Å². The molecular weight excluding hydrogens is 380 g/mol. The van der Waals surface area contributed by atoms with Gasteiger partial charge in [-0.2, -0.15) is 0 Å². The fourth-order valence-corrected chi connectivity index (χ4v) is 2.50. The van der Waals surface area contributed by atoms with Gasteiger partial charge in [0.05, 0.1) is 31.0 Å². The zero-order valence-electron chi connectivity index (χ0n) is 16.4. The minimum absolute atomic E-state index is 0.0911. The first-order chi connectivity index (χ1) is 13.9. The number of para-hydroxylation sites is 1. The van der Waals surface area contributed by atoms with Gasteiger partial charge in [0, 0.05) is 17.8 Å². The SMILES string of the molecule is CCOC(=O)C(=CNc1cccc2c(=O)c(C(=O)OCC)c[nH]c12)C(=O)OCC. The van der Waals surface area contributed by atoms with Gasteiger partial charge in [-0.3, -0.25) is 4.79 Å². The van der Waals surface area contributed by atoms with E-state index in [1.54, 1.807) is 39.0 Å². The number of esters is 3. The van der Waals surface area contributed by atoms with E-state index in [1.165, 1.54) is 6.20 Å². The van der Waals surface area contributed by atoms with Gasteiger partial charge < -0.3 is 24.5 Å². The Hall–Kier alpha value is -3.62. The van der Waals surface area contributed by atoms with Crippen LogP contribution in [-0.2, 0) is 23.8 Å². The van der Waals surface area contributed by atoms with Crippen molar-refractivity contribution in [2.75, 3.05) is 25.1 Å². The van der Waals surface area contributed by atoms with Crippen LogP contribution < -0.4 is 10.7 Å². The fraction of sp³-hybridized carbons (Fsp3) is 0.300. The first kappa shape index (κ1) is 21.7. The highest BCUT2D eigenvalue weighted by Gasteiger charge is 2.21. The predicted molar refractivity (Wildman–Crippen MR) is 105 cm³/mol. The smallest absolute Gasteiger partial charge is 0.347 e. The predicted octanol–water partition coefficient (Wildman–Crippen LogP) is 2.13. The fourth-order valence-electron chi connectivity index (χ4n) is 2.50. The van der Waals surface area contributed by atoms with Crippen molar-refractivity contribution in [1.82, 2.24) is 4.98 Å². The van der Waals surface area contributed by atoms with E-state index in [0.717, 1.165) is 6.20 Å². The molecule has 2 rings (SSSR count). The summed E-state index contributed by atoms with van der Waals surface area (Å²) in [4.78, 5) is 51.5.